The molecule has 8 aromatic carbocycles. The summed E-state index contributed by atoms with van der Waals surface area (Å²) in [6.07, 6.45) is 0. The zero-order valence-electron chi connectivity index (χ0n) is 36.8. The van der Waals surface area contributed by atoms with E-state index in [0.29, 0.717) is 28.7 Å². The Bertz CT molecular complexity index is 3460. The highest BCUT2D eigenvalue weighted by molar-refractivity contribution is 7.25. The fourth-order valence-corrected chi connectivity index (χ4v) is 8.49. The Morgan fingerprint density at radius 3 is 2.13 bits per heavy atom. The summed E-state index contributed by atoms with van der Waals surface area (Å²) in [6.45, 7) is 0. The van der Waals surface area contributed by atoms with Gasteiger partial charge in [-0.25, -0.2) is 4.98 Å². The summed E-state index contributed by atoms with van der Waals surface area (Å²) in [5.41, 5.74) is 5.63. The number of fused-ring (bicyclic) bond motifs is 6. The van der Waals surface area contributed by atoms with Crippen molar-refractivity contribution in [1.29, 1.82) is 0 Å². The first kappa shape index (κ1) is 22.2. The van der Waals surface area contributed by atoms with Crippen molar-refractivity contribution in [3.63, 3.8) is 0 Å². The van der Waals surface area contributed by atoms with Gasteiger partial charge < -0.3 is 9.32 Å². The van der Waals surface area contributed by atoms with Crippen LogP contribution in [0.25, 0.3) is 87.2 Å². The molecular weight excluding hydrogens is 665 g/mol. The first-order valence-corrected chi connectivity index (χ1v) is 18.0. The van der Waals surface area contributed by atoms with Crippen molar-refractivity contribution < 1.29 is 16.8 Å². The minimum atomic E-state index is -0.630. The molecule has 1 aliphatic carbocycles. The third-order valence-corrected chi connectivity index (χ3v) is 11.0. The molecule has 0 N–H and O–H groups in total. The molecule has 2 heterocycles. The number of hydrogen-bond donors (Lipinski definition) is 0. The molecule has 4 heteroatoms. The topological polar surface area (TPSA) is 29.3 Å². The third-order valence-electron chi connectivity index (χ3n) is 9.81. The SMILES string of the molecule is [2H]c1c([2H])c([2H])c(-c2c([2H])c([2H])c(N(c3ccc4sc5ccccc5c4c3)c3ccc4c5c(cccc35)-c3nc(-c5cccc(-c6ccccc6)c5)oc3-4)c([2H])c2[2H])c([2H])c1[2H]. The molecule has 53 heavy (non-hydrogen) atoms. The zero-order valence-corrected chi connectivity index (χ0v) is 28.7. The molecule has 11 rings (SSSR count). The van der Waals surface area contributed by atoms with Crippen LogP contribution >= 0.6 is 11.3 Å². The van der Waals surface area contributed by atoms with E-state index >= 15 is 0 Å². The van der Waals surface area contributed by atoms with Gasteiger partial charge in [0.15, 0.2) is 5.76 Å². The Balaban J connectivity index is 1.12. The molecule has 1 aliphatic rings. The fraction of sp³-hybridized carbons (Fsp3) is 0. The van der Waals surface area contributed by atoms with E-state index in [9.17, 15) is 5.48 Å². The highest BCUT2D eigenvalue weighted by atomic mass is 32.1. The summed E-state index contributed by atoms with van der Waals surface area (Å²) >= 11 is 1.65. The van der Waals surface area contributed by atoms with Gasteiger partial charge in [-0.1, -0.05) is 121 Å². The van der Waals surface area contributed by atoms with E-state index in [0.717, 1.165) is 58.8 Å². The van der Waals surface area contributed by atoms with Crippen LogP contribution in [0.1, 0.15) is 12.3 Å². The largest absolute Gasteiger partial charge is 0.435 e. The van der Waals surface area contributed by atoms with Gasteiger partial charge >= 0.3 is 0 Å². The third kappa shape index (κ3) is 4.84. The van der Waals surface area contributed by atoms with E-state index in [1.807, 2.05) is 97.1 Å². The van der Waals surface area contributed by atoms with Gasteiger partial charge in [0, 0.05) is 59.0 Å². The Morgan fingerprint density at radius 1 is 0.509 bits per heavy atom. The van der Waals surface area contributed by atoms with Gasteiger partial charge in [-0.15, -0.1) is 11.3 Å². The maximum absolute atomic E-state index is 9.56. The normalized spacial score (nSPS) is 14.2. The maximum atomic E-state index is 9.56. The van der Waals surface area contributed by atoms with E-state index in [1.165, 1.54) is 0 Å². The number of anilines is 3. The average molecular weight is 704 g/mol. The van der Waals surface area contributed by atoms with Crippen LogP contribution in [0.5, 0.6) is 0 Å². The molecule has 10 aromatic rings. The van der Waals surface area contributed by atoms with Crippen LogP contribution in [0.3, 0.4) is 0 Å². The number of oxazole rings is 1. The molecule has 3 nitrogen and oxygen atoms in total. The highest BCUT2D eigenvalue weighted by Crippen LogP contribution is 2.52. The molecule has 248 valence electrons. The van der Waals surface area contributed by atoms with Crippen LogP contribution in [-0.2, 0) is 0 Å². The Labute approximate surface area is 323 Å². The Morgan fingerprint density at radius 2 is 1.25 bits per heavy atom. The van der Waals surface area contributed by atoms with Gasteiger partial charge in [-0.05, 0) is 82.9 Å². The van der Waals surface area contributed by atoms with Crippen molar-refractivity contribution in [2.75, 3.05) is 4.90 Å². The molecule has 0 radical (unpaired) electrons. The summed E-state index contributed by atoms with van der Waals surface area (Å²) in [4.78, 5) is 6.78. The molecule has 2 aromatic heterocycles. The highest BCUT2D eigenvalue weighted by Gasteiger charge is 2.30. The Hall–Kier alpha value is -6.75. The molecule has 0 spiro atoms. The molecule has 0 amide bonds. The molecular formula is C49H30N2OS. The van der Waals surface area contributed by atoms with Crippen molar-refractivity contribution >= 4 is 59.3 Å². The number of thiophene rings is 1. The number of benzene rings is 8. The predicted octanol–water partition coefficient (Wildman–Crippen LogP) is 14.3. The second kappa shape index (κ2) is 11.9. The minimum absolute atomic E-state index is 0.0657. The molecule has 0 fully saturated rings. The summed E-state index contributed by atoms with van der Waals surface area (Å²) in [5.74, 6) is 1.10. The van der Waals surface area contributed by atoms with E-state index in [4.69, 9.17) is 16.3 Å². The van der Waals surface area contributed by atoms with Crippen LogP contribution in [0.4, 0.5) is 17.1 Å². The van der Waals surface area contributed by atoms with E-state index in [1.54, 1.807) is 16.2 Å². The lowest BCUT2D eigenvalue weighted by Crippen LogP contribution is -2.10. The van der Waals surface area contributed by atoms with Crippen LogP contribution in [0.2, 0.25) is 0 Å². The van der Waals surface area contributed by atoms with Crippen molar-refractivity contribution in [2.24, 2.45) is 0 Å². The first-order chi connectivity index (χ1) is 30.0. The minimum Gasteiger partial charge on any atom is -0.435 e. The lowest BCUT2D eigenvalue weighted by atomic mass is 10.00. The number of nitrogens with zero attached hydrogens (tertiary/aromatic N) is 2. The number of hydrogen-bond acceptors (Lipinski definition) is 4. The molecule has 0 atom stereocenters. The standard InChI is InChI=1S/C49H30N2OS/c1-3-11-31(12-4-1)33-21-23-36(24-22-33)51(37-25-28-45-42(30-37)38-17-7-8-20-44(38)53-45)43-27-26-41-46-39(43)18-10-19-40(46)47-48(41)52-49(50-47)35-16-9-15-34(29-35)32-13-5-2-6-14-32/h1-30H/i1D,3D,4D,11D,12D,21D,22D,23D,24D. The van der Waals surface area contributed by atoms with Gasteiger partial charge in [-0.3, -0.25) is 0 Å². The molecule has 0 unspecified atom stereocenters. The van der Waals surface area contributed by atoms with Crippen LogP contribution in [0.15, 0.2) is 186 Å². The lowest BCUT2D eigenvalue weighted by Gasteiger charge is -2.27. The van der Waals surface area contributed by atoms with Gasteiger partial charge in [0.25, 0.3) is 0 Å². The zero-order chi connectivity index (χ0) is 42.7. The smallest absolute Gasteiger partial charge is 0.227 e. The summed E-state index contributed by atoms with van der Waals surface area (Å²) in [6, 6.07) is 36.8. The van der Waals surface area contributed by atoms with Gasteiger partial charge in [0.2, 0.25) is 5.89 Å². The fourth-order valence-electron chi connectivity index (χ4n) is 7.40. The number of rotatable bonds is 6. The molecule has 0 bridgehead atoms. The average Bonchev–Trinajstić information content (AvgIpc) is 3.99. The van der Waals surface area contributed by atoms with E-state index in [-0.39, 0.29) is 11.3 Å². The van der Waals surface area contributed by atoms with Crippen LogP contribution in [0, 0.1) is 0 Å². The second-order valence-electron chi connectivity index (χ2n) is 12.8. The molecule has 0 aliphatic heterocycles. The molecule has 0 saturated carbocycles. The quantitative estimate of drug-likeness (QED) is 0.173. The van der Waals surface area contributed by atoms with Crippen molar-refractivity contribution in [3.8, 4) is 56.3 Å². The van der Waals surface area contributed by atoms with Gasteiger partial charge in [-0.2, -0.15) is 0 Å². The second-order valence-corrected chi connectivity index (χ2v) is 13.9. The van der Waals surface area contributed by atoms with Crippen molar-refractivity contribution in [1.82, 2.24) is 4.98 Å². The van der Waals surface area contributed by atoms with Crippen molar-refractivity contribution in [2.45, 2.75) is 0 Å². The van der Waals surface area contributed by atoms with E-state index in [2.05, 4.69) is 30.3 Å². The number of aromatic nitrogens is 1. The van der Waals surface area contributed by atoms with Gasteiger partial charge in [0.1, 0.15) is 5.69 Å². The van der Waals surface area contributed by atoms with Gasteiger partial charge in [0.05, 0.1) is 18.0 Å². The van der Waals surface area contributed by atoms with Crippen LogP contribution in [-0.4, -0.2) is 4.98 Å². The van der Waals surface area contributed by atoms with Crippen LogP contribution < -0.4 is 4.90 Å². The monoisotopic (exact) mass is 703 g/mol. The van der Waals surface area contributed by atoms with Crippen molar-refractivity contribution in [3.05, 3.63) is 182 Å². The summed E-state index contributed by atoms with van der Waals surface area (Å²) in [7, 11) is 0. The molecule has 0 saturated heterocycles. The first-order valence-electron chi connectivity index (χ1n) is 21.6. The summed E-state index contributed by atoms with van der Waals surface area (Å²) < 4.78 is 88.4. The Kier molecular flexibility index (Phi) is 5.00. The maximum Gasteiger partial charge on any atom is 0.227 e. The van der Waals surface area contributed by atoms with E-state index < -0.39 is 59.9 Å². The lowest BCUT2D eigenvalue weighted by molar-refractivity contribution is 0.590. The summed E-state index contributed by atoms with van der Waals surface area (Å²) in [5, 5.41) is 3.60. The predicted molar refractivity (Wildman–Crippen MR) is 222 cm³/mol.